The highest BCUT2D eigenvalue weighted by atomic mass is 16.5. The van der Waals surface area contributed by atoms with Crippen LogP contribution in [0.5, 0.6) is 0 Å². The maximum absolute atomic E-state index is 11.8. The van der Waals surface area contributed by atoms with Gasteiger partial charge in [-0.2, -0.15) is 0 Å². The first-order valence-electron chi connectivity index (χ1n) is 6.24. The number of rotatable bonds is 2. The Kier molecular flexibility index (Phi) is 2.87. The van der Waals surface area contributed by atoms with Gasteiger partial charge >= 0.3 is 0 Å². The molecule has 1 atom stereocenters. The topological polar surface area (TPSA) is 76.1 Å². The number of hydrogen-bond acceptors (Lipinski definition) is 5. The molecule has 1 fully saturated rings. The van der Waals surface area contributed by atoms with Crippen LogP contribution in [0.15, 0.2) is 0 Å². The summed E-state index contributed by atoms with van der Waals surface area (Å²) in [7, 11) is 0. The van der Waals surface area contributed by atoms with Gasteiger partial charge in [-0.1, -0.05) is 0 Å². The smallest absolute Gasteiger partial charge is 0.270 e. The summed E-state index contributed by atoms with van der Waals surface area (Å²) < 4.78 is 5.34. The first-order valence-corrected chi connectivity index (χ1v) is 6.24. The summed E-state index contributed by atoms with van der Waals surface area (Å²) in [6.45, 7) is 3.93. The third-order valence-electron chi connectivity index (χ3n) is 3.27. The molecule has 0 radical (unpaired) electrons. The van der Waals surface area contributed by atoms with E-state index < -0.39 is 0 Å². The van der Waals surface area contributed by atoms with E-state index in [1.54, 1.807) is 6.92 Å². The first-order chi connectivity index (χ1) is 8.74. The van der Waals surface area contributed by atoms with Crippen molar-refractivity contribution in [1.29, 1.82) is 0 Å². The van der Waals surface area contributed by atoms with E-state index in [4.69, 9.17) is 4.74 Å². The molecule has 0 bridgehead atoms. The minimum atomic E-state index is -0.104. The predicted octanol–water partition coefficient (Wildman–Crippen LogP) is 0.272. The Morgan fingerprint density at radius 2 is 2.33 bits per heavy atom. The van der Waals surface area contributed by atoms with Gasteiger partial charge in [0, 0.05) is 18.7 Å². The third-order valence-corrected chi connectivity index (χ3v) is 3.27. The Morgan fingerprint density at radius 1 is 1.44 bits per heavy atom. The van der Waals surface area contributed by atoms with E-state index in [0.717, 1.165) is 30.8 Å². The maximum Gasteiger partial charge on any atom is 0.270 e. The molecule has 96 valence electrons. The van der Waals surface area contributed by atoms with Gasteiger partial charge in [-0.15, -0.1) is 0 Å². The van der Waals surface area contributed by atoms with Crippen molar-refractivity contribution in [3.63, 3.8) is 0 Å². The number of amides is 1. The zero-order valence-electron chi connectivity index (χ0n) is 10.3. The molecule has 1 amide bonds. The lowest BCUT2D eigenvalue weighted by Gasteiger charge is -2.21. The molecule has 0 spiro atoms. The molecule has 2 aliphatic rings. The van der Waals surface area contributed by atoms with Crippen LogP contribution >= 0.6 is 0 Å². The minimum absolute atomic E-state index is 0.104. The summed E-state index contributed by atoms with van der Waals surface area (Å²) in [5.74, 6) is 1.31. The molecule has 1 aromatic heterocycles. The van der Waals surface area contributed by atoms with E-state index in [-0.39, 0.29) is 11.9 Å². The molecule has 2 N–H and O–H groups in total. The highest BCUT2D eigenvalue weighted by Crippen LogP contribution is 2.22. The van der Waals surface area contributed by atoms with Crippen LogP contribution < -0.4 is 10.6 Å². The molecule has 6 heteroatoms. The number of fused-ring (bicyclic) bond motifs is 1. The van der Waals surface area contributed by atoms with Crippen LogP contribution in [-0.2, 0) is 11.2 Å². The number of carbonyl (C=O) groups excluding carboxylic acids is 1. The van der Waals surface area contributed by atoms with Crippen LogP contribution in [-0.4, -0.2) is 41.7 Å². The molecule has 18 heavy (non-hydrogen) atoms. The molecule has 2 aliphatic heterocycles. The molecule has 0 aliphatic carbocycles. The van der Waals surface area contributed by atoms with Crippen molar-refractivity contribution in [2.24, 2.45) is 0 Å². The Labute approximate surface area is 105 Å². The van der Waals surface area contributed by atoms with Crippen molar-refractivity contribution >= 4 is 11.7 Å². The van der Waals surface area contributed by atoms with E-state index >= 15 is 0 Å². The van der Waals surface area contributed by atoms with Crippen molar-refractivity contribution in [1.82, 2.24) is 15.3 Å². The molecule has 6 nitrogen and oxygen atoms in total. The second kappa shape index (κ2) is 4.53. The lowest BCUT2D eigenvalue weighted by atomic mass is 10.1. The number of aromatic nitrogens is 2. The fraction of sp³-hybridized carbons (Fsp3) is 0.583. The van der Waals surface area contributed by atoms with Crippen LogP contribution in [0, 0.1) is 6.92 Å². The lowest BCUT2D eigenvalue weighted by molar-refractivity contribution is 0.0940. The average molecular weight is 248 g/mol. The minimum Gasteiger partial charge on any atom is -0.379 e. The SMILES string of the molecule is Cc1nc(NC2CCOC2)c2c(n1)C(=O)NCC2. The number of nitrogens with zero attached hydrogens (tertiary/aromatic N) is 2. The van der Waals surface area contributed by atoms with Gasteiger partial charge in [0.1, 0.15) is 17.3 Å². The van der Waals surface area contributed by atoms with Gasteiger partial charge in [0.15, 0.2) is 0 Å². The van der Waals surface area contributed by atoms with Gasteiger partial charge < -0.3 is 15.4 Å². The van der Waals surface area contributed by atoms with Crippen LogP contribution in [0.25, 0.3) is 0 Å². The number of aryl methyl sites for hydroxylation is 1. The average Bonchev–Trinajstić information content (AvgIpc) is 2.83. The van der Waals surface area contributed by atoms with Gasteiger partial charge in [-0.3, -0.25) is 4.79 Å². The monoisotopic (exact) mass is 248 g/mol. The molecule has 1 unspecified atom stereocenters. The Hall–Kier alpha value is -1.69. The number of anilines is 1. The summed E-state index contributed by atoms with van der Waals surface area (Å²) in [4.78, 5) is 20.4. The molecule has 3 heterocycles. The van der Waals surface area contributed by atoms with Crippen molar-refractivity contribution in [2.45, 2.75) is 25.8 Å². The van der Waals surface area contributed by atoms with Gasteiger partial charge in [-0.05, 0) is 19.8 Å². The fourth-order valence-electron chi connectivity index (χ4n) is 2.37. The standard InChI is InChI=1S/C12H16N4O2/c1-7-14-10-9(2-4-13-12(10)17)11(15-7)16-8-3-5-18-6-8/h8H,2-6H2,1H3,(H,13,17)(H,14,15,16). The first kappa shape index (κ1) is 11.4. The van der Waals surface area contributed by atoms with Gasteiger partial charge in [0.25, 0.3) is 5.91 Å². The van der Waals surface area contributed by atoms with Crippen LogP contribution in [0.1, 0.15) is 28.3 Å². The van der Waals surface area contributed by atoms with Gasteiger partial charge in [0.05, 0.1) is 12.6 Å². The van der Waals surface area contributed by atoms with E-state index in [2.05, 4.69) is 20.6 Å². The summed E-state index contributed by atoms with van der Waals surface area (Å²) in [5.41, 5.74) is 1.44. The zero-order chi connectivity index (χ0) is 12.5. The van der Waals surface area contributed by atoms with Crippen molar-refractivity contribution < 1.29 is 9.53 Å². The molecule has 1 aromatic rings. The highest BCUT2D eigenvalue weighted by Gasteiger charge is 2.25. The van der Waals surface area contributed by atoms with Gasteiger partial charge in [0.2, 0.25) is 0 Å². The van der Waals surface area contributed by atoms with Crippen LogP contribution in [0.3, 0.4) is 0 Å². The van der Waals surface area contributed by atoms with Crippen LogP contribution in [0.4, 0.5) is 5.82 Å². The van der Waals surface area contributed by atoms with E-state index in [9.17, 15) is 4.79 Å². The molecular formula is C12H16N4O2. The van der Waals surface area contributed by atoms with E-state index in [1.807, 2.05) is 0 Å². The summed E-state index contributed by atoms with van der Waals surface area (Å²) >= 11 is 0. The maximum atomic E-state index is 11.8. The molecule has 3 rings (SSSR count). The largest absolute Gasteiger partial charge is 0.379 e. The number of carbonyl (C=O) groups is 1. The van der Waals surface area contributed by atoms with E-state index in [0.29, 0.717) is 24.7 Å². The Bertz CT molecular complexity index is 483. The van der Waals surface area contributed by atoms with E-state index in [1.165, 1.54) is 0 Å². The lowest BCUT2D eigenvalue weighted by Crippen LogP contribution is -2.34. The Balaban J connectivity index is 1.94. The summed E-state index contributed by atoms with van der Waals surface area (Å²) in [5, 5.41) is 6.18. The molecule has 1 saturated heterocycles. The normalized spacial score (nSPS) is 22.5. The van der Waals surface area contributed by atoms with Crippen molar-refractivity contribution in [3.8, 4) is 0 Å². The zero-order valence-corrected chi connectivity index (χ0v) is 10.3. The quantitative estimate of drug-likeness (QED) is 0.785. The van der Waals surface area contributed by atoms with Crippen molar-refractivity contribution in [3.05, 3.63) is 17.1 Å². The number of nitrogens with one attached hydrogen (secondary N) is 2. The fourth-order valence-corrected chi connectivity index (χ4v) is 2.37. The molecule has 0 saturated carbocycles. The molecular weight excluding hydrogens is 232 g/mol. The third kappa shape index (κ3) is 2.03. The second-order valence-corrected chi connectivity index (χ2v) is 4.66. The Morgan fingerprint density at radius 3 is 3.11 bits per heavy atom. The summed E-state index contributed by atoms with van der Waals surface area (Å²) in [6.07, 6.45) is 1.75. The predicted molar refractivity (Wildman–Crippen MR) is 65.7 cm³/mol. The molecule has 0 aromatic carbocycles. The van der Waals surface area contributed by atoms with Gasteiger partial charge in [-0.25, -0.2) is 9.97 Å². The van der Waals surface area contributed by atoms with Crippen LogP contribution in [0.2, 0.25) is 0 Å². The highest BCUT2D eigenvalue weighted by molar-refractivity contribution is 5.95. The van der Waals surface area contributed by atoms with Crippen molar-refractivity contribution in [2.75, 3.05) is 25.1 Å². The summed E-state index contributed by atoms with van der Waals surface area (Å²) in [6, 6.07) is 0.286. The number of ether oxygens (including phenoxy) is 1. The number of hydrogen-bond donors (Lipinski definition) is 2. The second-order valence-electron chi connectivity index (χ2n) is 4.66.